The van der Waals surface area contributed by atoms with Gasteiger partial charge in [-0.25, -0.2) is 18.4 Å². The van der Waals surface area contributed by atoms with E-state index in [1.54, 1.807) is 6.07 Å². The minimum Gasteiger partial charge on any atom is -0.481 e. The zero-order valence-corrected chi connectivity index (χ0v) is 17.9. The number of allylic oxidation sites excluding steroid dienone is 2. The molecule has 32 heavy (non-hydrogen) atoms. The molecule has 0 fully saturated rings. The van der Waals surface area contributed by atoms with Crippen LogP contribution in [0.5, 0.6) is 5.88 Å². The smallest absolute Gasteiger partial charge is 0.263 e. The molecule has 1 aromatic carbocycles. The number of carbonyl (C=O) groups excluding carboxylic acids is 2. The van der Waals surface area contributed by atoms with Crippen LogP contribution in [-0.4, -0.2) is 42.0 Å². The Bertz CT molecular complexity index is 1370. The zero-order valence-electron chi connectivity index (χ0n) is 16.4. The number of aromatic nitrogens is 3. The number of anilines is 2. The predicted molar refractivity (Wildman–Crippen MR) is 115 cm³/mol. The molecule has 0 bridgehead atoms. The molecule has 1 aliphatic rings. The van der Waals surface area contributed by atoms with Gasteiger partial charge in [0.1, 0.15) is 28.6 Å². The normalized spacial score (nSPS) is 13.6. The van der Waals surface area contributed by atoms with E-state index in [-0.39, 0.29) is 38.6 Å². The lowest BCUT2D eigenvalue weighted by Crippen LogP contribution is -2.25. The largest absolute Gasteiger partial charge is 0.481 e. The van der Waals surface area contributed by atoms with E-state index < -0.39 is 21.6 Å². The van der Waals surface area contributed by atoms with E-state index in [0.29, 0.717) is 5.69 Å². The number of pyridine rings is 1. The second-order valence-corrected chi connectivity index (χ2v) is 8.51. The van der Waals surface area contributed by atoms with Gasteiger partial charge in [0, 0.05) is 18.0 Å². The van der Waals surface area contributed by atoms with Gasteiger partial charge in [0.2, 0.25) is 17.4 Å². The number of rotatable bonds is 6. The summed E-state index contributed by atoms with van der Waals surface area (Å²) in [5, 5.41) is 2.50. The summed E-state index contributed by atoms with van der Waals surface area (Å²) in [6, 6.07) is 9.87. The molecule has 2 heterocycles. The maximum Gasteiger partial charge on any atom is 0.263 e. The van der Waals surface area contributed by atoms with E-state index in [9.17, 15) is 18.0 Å². The van der Waals surface area contributed by atoms with Gasteiger partial charge in [0.15, 0.2) is 0 Å². The van der Waals surface area contributed by atoms with Crippen LogP contribution in [0.2, 0.25) is 0 Å². The highest BCUT2D eigenvalue weighted by Gasteiger charge is 2.32. The van der Waals surface area contributed by atoms with Crippen molar-refractivity contribution in [2.45, 2.75) is 4.90 Å². The van der Waals surface area contributed by atoms with Crippen LogP contribution in [-0.2, 0) is 10.0 Å². The first-order valence-corrected chi connectivity index (χ1v) is 10.9. The summed E-state index contributed by atoms with van der Waals surface area (Å²) in [5.74, 6) is -0.831. The van der Waals surface area contributed by atoms with Crippen molar-refractivity contribution in [2.24, 2.45) is 0 Å². The highest BCUT2D eigenvalue weighted by atomic mass is 35.5. The SMILES string of the molecule is COc1cc(NS(=O)(=O)c2ccc(NC3=C(Cl)C(=O)c4ncccc4C3=O)cc2)ncn1. The minimum absolute atomic E-state index is 0.0121. The molecule has 1 aliphatic carbocycles. The molecule has 12 heteroatoms. The number of hydrogen-bond donors (Lipinski definition) is 2. The zero-order chi connectivity index (χ0) is 22.9. The predicted octanol–water partition coefficient (Wildman–Crippen LogP) is 2.62. The molecule has 0 amide bonds. The van der Waals surface area contributed by atoms with Crippen LogP contribution in [0.15, 0.2) is 70.6 Å². The number of fused-ring (bicyclic) bond motifs is 1. The monoisotopic (exact) mass is 471 g/mol. The Morgan fingerprint density at radius 2 is 1.75 bits per heavy atom. The first-order chi connectivity index (χ1) is 15.3. The summed E-state index contributed by atoms with van der Waals surface area (Å²) in [5.41, 5.74) is 0.364. The number of nitrogens with one attached hydrogen (secondary N) is 2. The van der Waals surface area contributed by atoms with Gasteiger partial charge in [0.05, 0.1) is 17.6 Å². The van der Waals surface area contributed by atoms with Gasteiger partial charge in [-0.1, -0.05) is 11.6 Å². The molecular formula is C20H14ClN5O5S. The second kappa shape index (κ2) is 8.36. The molecule has 0 saturated carbocycles. The van der Waals surface area contributed by atoms with Crippen molar-refractivity contribution in [3.05, 3.63) is 77.0 Å². The number of halogens is 1. The van der Waals surface area contributed by atoms with Gasteiger partial charge in [-0.05, 0) is 36.4 Å². The third-order valence-corrected chi connectivity index (χ3v) is 6.17. The van der Waals surface area contributed by atoms with Crippen molar-refractivity contribution in [2.75, 3.05) is 17.1 Å². The Kier molecular flexibility index (Phi) is 5.59. The average molecular weight is 472 g/mol. The molecule has 0 unspecified atom stereocenters. The van der Waals surface area contributed by atoms with Gasteiger partial charge in [-0.2, -0.15) is 0 Å². The molecule has 4 rings (SSSR count). The third-order valence-electron chi connectivity index (χ3n) is 4.44. The number of Topliss-reactive ketones (excluding diaryl/α,β-unsaturated/α-hetero) is 2. The maximum atomic E-state index is 12.7. The lowest BCUT2D eigenvalue weighted by molar-refractivity contribution is 0.0978. The number of carbonyl (C=O) groups is 2. The van der Waals surface area contributed by atoms with Gasteiger partial charge in [0.25, 0.3) is 10.0 Å². The molecule has 10 nitrogen and oxygen atoms in total. The summed E-state index contributed by atoms with van der Waals surface area (Å²) in [7, 11) is -2.55. The molecule has 0 atom stereocenters. The van der Waals surface area contributed by atoms with Crippen LogP contribution in [0.4, 0.5) is 11.5 Å². The van der Waals surface area contributed by atoms with Crippen LogP contribution >= 0.6 is 11.6 Å². The fourth-order valence-corrected chi connectivity index (χ4v) is 4.12. The second-order valence-electron chi connectivity index (χ2n) is 6.45. The quantitative estimate of drug-likeness (QED) is 0.554. The summed E-state index contributed by atoms with van der Waals surface area (Å²) in [4.78, 5) is 36.7. The van der Waals surface area contributed by atoms with E-state index in [4.69, 9.17) is 16.3 Å². The van der Waals surface area contributed by atoms with E-state index in [1.165, 1.54) is 49.7 Å². The van der Waals surface area contributed by atoms with Crippen LogP contribution in [0, 0.1) is 0 Å². The Hall–Kier alpha value is -3.83. The molecule has 0 spiro atoms. The highest BCUT2D eigenvalue weighted by Crippen LogP contribution is 2.28. The summed E-state index contributed by atoms with van der Waals surface area (Å²) >= 11 is 6.10. The fourth-order valence-electron chi connectivity index (χ4n) is 2.90. The fraction of sp³-hybridized carbons (Fsp3) is 0.0500. The van der Waals surface area contributed by atoms with Gasteiger partial charge >= 0.3 is 0 Å². The molecule has 3 aromatic rings. The van der Waals surface area contributed by atoms with Gasteiger partial charge < -0.3 is 10.1 Å². The lowest BCUT2D eigenvalue weighted by atomic mass is 9.97. The molecule has 2 aromatic heterocycles. The molecular weight excluding hydrogens is 458 g/mol. The Morgan fingerprint density at radius 1 is 1.00 bits per heavy atom. The first kappa shape index (κ1) is 21.4. The Labute approximate surface area is 187 Å². The van der Waals surface area contributed by atoms with E-state index in [2.05, 4.69) is 25.0 Å². The first-order valence-electron chi connectivity index (χ1n) is 9.00. The summed E-state index contributed by atoms with van der Waals surface area (Å²) in [6.45, 7) is 0. The molecule has 2 N–H and O–H groups in total. The topological polar surface area (TPSA) is 140 Å². The van der Waals surface area contributed by atoms with Crippen molar-refractivity contribution in [3.63, 3.8) is 0 Å². The van der Waals surface area contributed by atoms with E-state index in [0.717, 1.165) is 6.33 Å². The Balaban J connectivity index is 1.56. The highest BCUT2D eigenvalue weighted by molar-refractivity contribution is 7.92. The number of sulfonamides is 1. The number of ketones is 2. The van der Waals surface area contributed by atoms with Crippen molar-refractivity contribution in [1.82, 2.24) is 15.0 Å². The van der Waals surface area contributed by atoms with Crippen LogP contribution in [0.1, 0.15) is 20.8 Å². The number of methoxy groups -OCH3 is 1. The van der Waals surface area contributed by atoms with Crippen molar-refractivity contribution in [3.8, 4) is 5.88 Å². The van der Waals surface area contributed by atoms with Gasteiger partial charge in [-0.3, -0.25) is 19.3 Å². The van der Waals surface area contributed by atoms with Crippen molar-refractivity contribution >= 4 is 44.7 Å². The van der Waals surface area contributed by atoms with Crippen LogP contribution in [0.3, 0.4) is 0 Å². The minimum atomic E-state index is -3.95. The van der Waals surface area contributed by atoms with Crippen LogP contribution in [0.25, 0.3) is 0 Å². The number of nitrogens with zero attached hydrogens (tertiary/aromatic N) is 3. The maximum absolute atomic E-state index is 12.7. The number of hydrogen-bond acceptors (Lipinski definition) is 9. The Morgan fingerprint density at radius 3 is 2.47 bits per heavy atom. The van der Waals surface area contributed by atoms with Crippen molar-refractivity contribution < 1.29 is 22.7 Å². The standard InChI is InChI=1S/C20H14ClN5O5S/c1-31-15-9-14(23-10-24-15)26-32(29,30)12-6-4-11(5-7-12)25-18-16(21)20(28)17-13(19(18)27)3-2-8-22-17/h2-10,25H,1H3,(H,23,24,26). The lowest BCUT2D eigenvalue weighted by Gasteiger charge is -2.18. The average Bonchev–Trinajstić information content (AvgIpc) is 2.80. The van der Waals surface area contributed by atoms with Gasteiger partial charge in [-0.15, -0.1) is 0 Å². The summed E-state index contributed by atoms with van der Waals surface area (Å²) in [6.07, 6.45) is 2.56. The van der Waals surface area contributed by atoms with E-state index in [1.807, 2.05) is 0 Å². The summed E-state index contributed by atoms with van der Waals surface area (Å²) < 4.78 is 32.5. The van der Waals surface area contributed by atoms with Crippen molar-refractivity contribution in [1.29, 1.82) is 0 Å². The van der Waals surface area contributed by atoms with E-state index >= 15 is 0 Å². The molecule has 0 radical (unpaired) electrons. The number of ether oxygens (including phenoxy) is 1. The van der Waals surface area contributed by atoms with Crippen LogP contribution < -0.4 is 14.8 Å². The third kappa shape index (κ3) is 4.03. The molecule has 0 aliphatic heterocycles. The number of benzene rings is 1. The molecule has 162 valence electrons. The molecule has 0 saturated heterocycles.